The first-order valence-corrected chi connectivity index (χ1v) is 7.79. The molecule has 0 bridgehead atoms. The van der Waals surface area contributed by atoms with Crippen molar-refractivity contribution in [3.8, 4) is 5.75 Å². The maximum absolute atomic E-state index is 5.94. The minimum Gasteiger partial charge on any atom is -0.489 e. The van der Waals surface area contributed by atoms with E-state index in [-0.39, 0.29) is 0 Å². The van der Waals surface area contributed by atoms with Crippen molar-refractivity contribution in [2.24, 2.45) is 0 Å². The van der Waals surface area contributed by atoms with Gasteiger partial charge in [0.1, 0.15) is 5.75 Å². The quantitative estimate of drug-likeness (QED) is 0.916. The van der Waals surface area contributed by atoms with E-state index in [1.54, 1.807) is 0 Å². The second-order valence-corrected chi connectivity index (χ2v) is 6.29. The van der Waals surface area contributed by atoms with Gasteiger partial charge >= 0.3 is 0 Å². The molecular formula is C15H20BrNO. The molecule has 1 atom stereocenters. The predicted molar refractivity (Wildman–Crippen MR) is 77.1 cm³/mol. The van der Waals surface area contributed by atoms with Gasteiger partial charge in [0.15, 0.2) is 0 Å². The lowest BCUT2D eigenvalue weighted by Crippen LogP contribution is -2.25. The number of benzene rings is 1. The second-order valence-electron chi connectivity index (χ2n) is 5.43. The lowest BCUT2D eigenvalue weighted by atomic mass is 9.96. The van der Waals surface area contributed by atoms with Gasteiger partial charge in [-0.25, -0.2) is 0 Å². The highest BCUT2D eigenvalue weighted by Crippen LogP contribution is 2.31. The van der Waals surface area contributed by atoms with Gasteiger partial charge < -0.3 is 10.1 Å². The van der Waals surface area contributed by atoms with Crippen molar-refractivity contribution >= 4 is 15.9 Å². The molecule has 1 N–H and O–H groups in total. The third-order valence-corrected chi connectivity index (χ3v) is 4.61. The van der Waals surface area contributed by atoms with Crippen molar-refractivity contribution in [3.63, 3.8) is 0 Å². The SMILES string of the molecule is Brc1cc(CC2CCCN2)ccc1OC1CCC1. The molecule has 18 heavy (non-hydrogen) atoms. The highest BCUT2D eigenvalue weighted by Gasteiger charge is 2.20. The lowest BCUT2D eigenvalue weighted by molar-refractivity contribution is 0.119. The molecule has 1 aromatic rings. The van der Waals surface area contributed by atoms with Crippen molar-refractivity contribution < 1.29 is 4.74 Å². The monoisotopic (exact) mass is 309 g/mol. The smallest absolute Gasteiger partial charge is 0.133 e. The Kier molecular flexibility index (Phi) is 3.90. The minimum atomic E-state index is 0.448. The van der Waals surface area contributed by atoms with Crippen molar-refractivity contribution in [2.45, 2.75) is 50.7 Å². The lowest BCUT2D eigenvalue weighted by Gasteiger charge is -2.27. The molecule has 1 heterocycles. The molecule has 1 saturated heterocycles. The Bertz CT molecular complexity index is 411. The number of rotatable bonds is 4. The number of halogens is 1. The van der Waals surface area contributed by atoms with Crippen molar-refractivity contribution in [3.05, 3.63) is 28.2 Å². The first kappa shape index (κ1) is 12.5. The van der Waals surface area contributed by atoms with Gasteiger partial charge in [-0.2, -0.15) is 0 Å². The summed E-state index contributed by atoms with van der Waals surface area (Å²) in [6.45, 7) is 1.18. The molecule has 3 heteroatoms. The molecule has 1 saturated carbocycles. The molecule has 2 aliphatic rings. The van der Waals surface area contributed by atoms with Gasteiger partial charge in [-0.15, -0.1) is 0 Å². The maximum Gasteiger partial charge on any atom is 0.133 e. The molecule has 0 amide bonds. The minimum absolute atomic E-state index is 0.448. The van der Waals surface area contributed by atoms with Crippen LogP contribution in [0.3, 0.4) is 0 Å². The summed E-state index contributed by atoms with van der Waals surface area (Å²) in [4.78, 5) is 0. The fourth-order valence-corrected chi connectivity index (χ4v) is 3.17. The summed E-state index contributed by atoms with van der Waals surface area (Å²) in [5.41, 5.74) is 1.39. The Morgan fingerprint density at radius 3 is 2.72 bits per heavy atom. The molecule has 0 radical (unpaired) electrons. The zero-order valence-electron chi connectivity index (χ0n) is 10.6. The molecule has 2 nitrogen and oxygen atoms in total. The van der Waals surface area contributed by atoms with Gasteiger partial charge in [-0.05, 0) is 78.7 Å². The average Bonchev–Trinajstić information content (AvgIpc) is 2.78. The second kappa shape index (κ2) is 5.62. The Morgan fingerprint density at radius 1 is 1.22 bits per heavy atom. The van der Waals surface area contributed by atoms with E-state index in [1.807, 2.05) is 0 Å². The van der Waals surface area contributed by atoms with E-state index in [2.05, 4.69) is 39.4 Å². The van der Waals surface area contributed by atoms with Crippen molar-refractivity contribution in [2.75, 3.05) is 6.54 Å². The molecule has 2 fully saturated rings. The summed E-state index contributed by atoms with van der Waals surface area (Å²) in [7, 11) is 0. The van der Waals surface area contributed by atoms with Crippen molar-refractivity contribution in [1.82, 2.24) is 5.32 Å². The van der Waals surface area contributed by atoms with Crippen LogP contribution in [-0.4, -0.2) is 18.7 Å². The van der Waals surface area contributed by atoms with Crippen LogP contribution < -0.4 is 10.1 Å². The third-order valence-electron chi connectivity index (χ3n) is 3.99. The number of ether oxygens (including phenoxy) is 1. The highest BCUT2D eigenvalue weighted by atomic mass is 79.9. The summed E-state index contributed by atoms with van der Waals surface area (Å²) >= 11 is 3.63. The largest absolute Gasteiger partial charge is 0.489 e. The van der Waals surface area contributed by atoms with Crippen LogP contribution in [0.2, 0.25) is 0 Å². The Hall–Kier alpha value is -0.540. The van der Waals surface area contributed by atoms with Gasteiger partial charge in [-0.3, -0.25) is 0 Å². The van der Waals surface area contributed by atoms with Crippen LogP contribution in [0.25, 0.3) is 0 Å². The van der Waals surface area contributed by atoms with Crippen molar-refractivity contribution in [1.29, 1.82) is 0 Å². The molecule has 0 spiro atoms. The molecule has 1 aliphatic carbocycles. The molecular weight excluding hydrogens is 290 g/mol. The predicted octanol–water partition coefficient (Wildman–Crippen LogP) is 3.67. The van der Waals surface area contributed by atoms with Gasteiger partial charge in [0, 0.05) is 6.04 Å². The molecule has 98 valence electrons. The first-order valence-electron chi connectivity index (χ1n) is 7.00. The van der Waals surface area contributed by atoms with Gasteiger partial charge in [0.05, 0.1) is 10.6 Å². The van der Waals surface area contributed by atoms with Crippen LogP contribution in [0.5, 0.6) is 5.75 Å². The highest BCUT2D eigenvalue weighted by molar-refractivity contribution is 9.10. The topological polar surface area (TPSA) is 21.3 Å². The third kappa shape index (κ3) is 2.89. The van der Waals surface area contributed by atoms with E-state index in [0.29, 0.717) is 12.1 Å². The fraction of sp³-hybridized carbons (Fsp3) is 0.600. The first-order chi connectivity index (χ1) is 8.81. The fourth-order valence-electron chi connectivity index (χ4n) is 2.65. The van der Waals surface area contributed by atoms with E-state index in [1.165, 1.54) is 44.2 Å². The van der Waals surface area contributed by atoms with E-state index in [0.717, 1.165) is 16.6 Å². The van der Waals surface area contributed by atoms with Crippen LogP contribution in [0.1, 0.15) is 37.7 Å². The summed E-state index contributed by atoms with van der Waals surface area (Å²) < 4.78 is 7.05. The molecule has 0 aromatic heterocycles. The molecule has 1 aliphatic heterocycles. The Morgan fingerprint density at radius 2 is 2.11 bits per heavy atom. The van der Waals surface area contributed by atoms with Crippen LogP contribution in [-0.2, 0) is 6.42 Å². The molecule has 3 rings (SSSR count). The van der Waals surface area contributed by atoms with Crippen LogP contribution in [0.15, 0.2) is 22.7 Å². The number of nitrogens with one attached hydrogen (secondary N) is 1. The Labute approximate surface area is 117 Å². The van der Waals surface area contributed by atoms with E-state index >= 15 is 0 Å². The summed E-state index contributed by atoms with van der Waals surface area (Å²) in [5.74, 6) is 1.00. The molecule has 1 unspecified atom stereocenters. The summed E-state index contributed by atoms with van der Waals surface area (Å²) in [6, 6.07) is 7.20. The van der Waals surface area contributed by atoms with E-state index in [4.69, 9.17) is 4.74 Å². The summed E-state index contributed by atoms with van der Waals surface area (Å²) in [5, 5.41) is 3.54. The zero-order valence-corrected chi connectivity index (χ0v) is 12.2. The average molecular weight is 310 g/mol. The normalized spacial score (nSPS) is 23.9. The van der Waals surface area contributed by atoms with Gasteiger partial charge in [-0.1, -0.05) is 6.07 Å². The maximum atomic E-state index is 5.94. The van der Waals surface area contributed by atoms with Gasteiger partial charge in [0.25, 0.3) is 0 Å². The summed E-state index contributed by atoms with van der Waals surface area (Å²) in [6.07, 6.45) is 7.92. The van der Waals surface area contributed by atoms with Gasteiger partial charge in [0.2, 0.25) is 0 Å². The van der Waals surface area contributed by atoms with E-state index < -0.39 is 0 Å². The van der Waals surface area contributed by atoms with Crippen LogP contribution >= 0.6 is 15.9 Å². The standard InChI is InChI=1S/C15H20BrNO/c16-14-10-11(9-12-3-2-8-17-12)6-7-15(14)18-13-4-1-5-13/h6-7,10,12-13,17H,1-5,8-9H2. The Balaban J connectivity index is 1.63. The van der Waals surface area contributed by atoms with E-state index in [9.17, 15) is 0 Å². The zero-order chi connectivity index (χ0) is 12.4. The number of hydrogen-bond donors (Lipinski definition) is 1. The molecule has 1 aromatic carbocycles. The number of hydrogen-bond acceptors (Lipinski definition) is 2. The van der Waals surface area contributed by atoms with Crippen LogP contribution in [0, 0.1) is 0 Å². The van der Waals surface area contributed by atoms with Crippen LogP contribution in [0.4, 0.5) is 0 Å².